The number of carbonyl (C=O) groups excluding carboxylic acids is 3. The summed E-state index contributed by atoms with van der Waals surface area (Å²) in [6, 6.07) is 2.84. The van der Waals surface area contributed by atoms with Crippen LogP contribution in [0.25, 0.3) is 0 Å². The van der Waals surface area contributed by atoms with E-state index in [1.165, 1.54) is 0 Å². The molecule has 0 aromatic heterocycles. The van der Waals surface area contributed by atoms with E-state index in [2.05, 4.69) is 16.0 Å². The van der Waals surface area contributed by atoms with Crippen LogP contribution in [-0.4, -0.2) is 74.4 Å². The molecule has 3 aliphatic heterocycles. The number of hydrogen-bond acceptors (Lipinski definition) is 6. The summed E-state index contributed by atoms with van der Waals surface area (Å²) in [5.41, 5.74) is 0.528. The highest BCUT2D eigenvalue weighted by molar-refractivity contribution is 7.94. The van der Waals surface area contributed by atoms with Crippen LogP contribution in [0.2, 0.25) is 5.02 Å². The van der Waals surface area contributed by atoms with Gasteiger partial charge in [-0.3, -0.25) is 14.4 Å². The fourth-order valence-corrected chi connectivity index (χ4v) is 6.23. The molecule has 3 heterocycles. The Balaban J connectivity index is 1.58. The SMILES string of the molecule is CS(=O)(=O)/C(F)=C\[C@H](C[C@H]1CCNC1=O)NC(=O)[C@H]1[C@@H]2CC[C@@H](CC2(F)F)N1C(=O)CNc1cccc(Cl)c1. The topological polar surface area (TPSA) is 125 Å². The molecule has 14 heteroatoms. The zero-order valence-corrected chi connectivity index (χ0v) is 22.7. The van der Waals surface area contributed by atoms with Crippen LogP contribution in [0.1, 0.15) is 32.1 Å². The molecular formula is C25H30ClF3N4O5S. The number of piperidine rings is 2. The van der Waals surface area contributed by atoms with Crippen molar-refractivity contribution in [3.05, 3.63) is 40.5 Å². The number of amides is 3. The van der Waals surface area contributed by atoms with Crippen LogP contribution in [0.15, 0.2) is 35.5 Å². The number of benzene rings is 1. The first-order valence-corrected chi connectivity index (χ1v) is 14.9. The predicted molar refractivity (Wildman–Crippen MR) is 138 cm³/mol. The van der Waals surface area contributed by atoms with E-state index >= 15 is 0 Å². The summed E-state index contributed by atoms with van der Waals surface area (Å²) in [5.74, 6) is -7.20. The number of nitrogens with one attached hydrogen (secondary N) is 3. The van der Waals surface area contributed by atoms with E-state index in [1.807, 2.05) is 0 Å². The molecule has 0 spiro atoms. The number of halogens is 4. The molecule has 1 aliphatic carbocycles. The molecule has 1 saturated carbocycles. The molecule has 214 valence electrons. The van der Waals surface area contributed by atoms with E-state index < -0.39 is 69.1 Å². The molecule has 1 aromatic carbocycles. The third-order valence-electron chi connectivity index (χ3n) is 7.48. The van der Waals surface area contributed by atoms with Crippen LogP contribution in [0.3, 0.4) is 0 Å². The Labute approximate surface area is 229 Å². The van der Waals surface area contributed by atoms with Crippen LogP contribution >= 0.6 is 11.6 Å². The summed E-state index contributed by atoms with van der Waals surface area (Å²) >= 11 is 5.97. The van der Waals surface area contributed by atoms with Crippen LogP contribution in [0, 0.1) is 11.8 Å². The standard InChI is InChI=1S/C25H30ClF3N4O5S/c1-39(37,38)20(27)11-17(9-14-7-8-30-23(14)35)32-24(36)22-19-6-5-18(12-25(19,28)29)33(22)21(34)13-31-16-4-2-3-15(26)10-16/h2-4,10-11,14,17-19,22,31H,5-9,12-13H2,1H3,(H,30,35)(H,32,36)/b20-11-/t14-,17+,18+,19+,22-/m1/s1. The first-order valence-electron chi connectivity index (χ1n) is 12.6. The summed E-state index contributed by atoms with van der Waals surface area (Å²) in [6.07, 6.45) is 1.27. The third kappa shape index (κ3) is 6.68. The average Bonchev–Trinajstić information content (AvgIpc) is 3.25. The van der Waals surface area contributed by atoms with Gasteiger partial charge in [-0.25, -0.2) is 17.2 Å². The maximum absolute atomic E-state index is 15.0. The van der Waals surface area contributed by atoms with Gasteiger partial charge in [0.2, 0.25) is 32.7 Å². The van der Waals surface area contributed by atoms with Crippen molar-refractivity contribution >= 4 is 44.8 Å². The lowest BCUT2D eigenvalue weighted by Gasteiger charge is -2.53. The molecular weight excluding hydrogens is 561 g/mol. The zero-order chi connectivity index (χ0) is 28.5. The van der Waals surface area contributed by atoms with Gasteiger partial charge < -0.3 is 20.9 Å². The van der Waals surface area contributed by atoms with Gasteiger partial charge in [-0.05, 0) is 50.0 Å². The summed E-state index contributed by atoms with van der Waals surface area (Å²) < 4.78 is 67.7. The van der Waals surface area contributed by atoms with E-state index in [0.717, 1.165) is 4.90 Å². The van der Waals surface area contributed by atoms with Crippen molar-refractivity contribution in [2.75, 3.05) is 24.7 Å². The van der Waals surface area contributed by atoms with Gasteiger partial charge in [-0.1, -0.05) is 17.7 Å². The Kier molecular flexibility index (Phi) is 8.50. The van der Waals surface area contributed by atoms with Gasteiger partial charge in [0, 0.05) is 41.9 Å². The number of sulfone groups is 1. The molecule has 5 rings (SSSR count). The number of rotatable bonds is 9. The molecule has 0 unspecified atom stereocenters. The average molecular weight is 591 g/mol. The van der Waals surface area contributed by atoms with Gasteiger partial charge in [0.1, 0.15) is 6.04 Å². The summed E-state index contributed by atoms with van der Waals surface area (Å²) in [5, 5.41) is 6.88. The minimum atomic E-state index is -4.25. The van der Waals surface area contributed by atoms with Crippen molar-refractivity contribution < 1.29 is 36.0 Å². The Hall–Kier alpha value is -2.80. The summed E-state index contributed by atoms with van der Waals surface area (Å²) in [7, 11) is -4.25. The van der Waals surface area contributed by atoms with E-state index in [0.29, 0.717) is 42.4 Å². The number of fused-ring (bicyclic) bond motifs is 3. The third-order valence-corrected chi connectivity index (χ3v) is 8.56. The number of hydrogen-bond donors (Lipinski definition) is 3. The van der Waals surface area contributed by atoms with E-state index in [1.54, 1.807) is 24.3 Å². The van der Waals surface area contributed by atoms with Gasteiger partial charge >= 0.3 is 0 Å². The molecule has 9 nitrogen and oxygen atoms in total. The second-order valence-corrected chi connectivity index (χ2v) is 12.7. The lowest BCUT2D eigenvalue weighted by molar-refractivity contribution is -0.193. The van der Waals surface area contributed by atoms with Crippen molar-refractivity contribution in [1.29, 1.82) is 0 Å². The molecule has 1 aromatic rings. The second-order valence-electron chi connectivity index (χ2n) is 10.3. The monoisotopic (exact) mass is 590 g/mol. The van der Waals surface area contributed by atoms with Gasteiger partial charge in [0.15, 0.2) is 0 Å². The molecule has 5 atom stereocenters. The molecule has 0 radical (unpaired) electrons. The molecule has 39 heavy (non-hydrogen) atoms. The van der Waals surface area contributed by atoms with Crippen molar-refractivity contribution in [3.8, 4) is 0 Å². The summed E-state index contributed by atoms with van der Waals surface area (Å²) in [6.45, 7) is 0.0795. The molecule has 4 aliphatic rings. The number of carbonyl (C=O) groups is 3. The Bertz CT molecular complexity index is 1280. The van der Waals surface area contributed by atoms with Gasteiger partial charge in [0.25, 0.3) is 5.92 Å². The van der Waals surface area contributed by atoms with Crippen molar-refractivity contribution in [1.82, 2.24) is 15.5 Å². The minimum absolute atomic E-state index is 0.00446. The molecule has 3 N–H and O–H groups in total. The zero-order valence-electron chi connectivity index (χ0n) is 21.1. The normalized spacial score (nSPS) is 27.2. The van der Waals surface area contributed by atoms with Crippen LogP contribution in [0.4, 0.5) is 18.9 Å². The molecule has 3 amide bonds. The van der Waals surface area contributed by atoms with Crippen molar-refractivity contribution in [2.45, 2.75) is 56.2 Å². The lowest BCUT2D eigenvalue weighted by Crippen LogP contribution is -2.69. The smallest absolute Gasteiger partial charge is 0.255 e. The minimum Gasteiger partial charge on any atom is -0.376 e. The largest absolute Gasteiger partial charge is 0.376 e. The molecule has 3 saturated heterocycles. The van der Waals surface area contributed by atoms with Crippen molar-refractivity contribution in [3.63, 3.8) is 0 Å². The Morgan fingerprint density at radius 1 is 1.28 bits per heavy atom. The Morgan fingerprint density at radius 2 is 2.03 bits per heavy atom. The fraction of sp³-hybridized carbons (Fsp3) is 0.560. The van der Waals surface area contributed by atoms with E-state index in [-0.39, 0.29) is 25.3 Å². The maximum Gasteiger partial charge on any atom is 0.255 e. The molecule has 4 fully saturated rings. The Morgan fingerprint density at radius 3 is 2.64 bits per heavy atom. The van der Waals surface area contributed by atoms with Gasteiger partial charge in [0.05, 0.1) is 18.5 Å². The number of nitrogens with zero attached hydrogens (tertiary/aromatic N) is 1. The van der Waals surface area contributed by atoms with Gasteiger partial charge in [-0.15, -0.1) is 0 Å². The number of alkyl halides is 2. The molecule has 2 bridgehead atoms. The lowest BCUT2D eigenvalue weighted by atomic mass is 9.71. The first-order chi connectivity index (χ1) is 18.3. The first kappa shape index (κ1) is 29.2. The number of anilines is 1. The highest BCUT2D eigenvalue weighted by Gasteiger charge is 2.60. The quantitative estimate of drug-likeness (QED) is 0.406. The van der Waals surface area contributed by atoms with Crippen molar-refractivity contribution in [2.24, 2.45) is 11.8 Å². The van der Waals surface area contributed by atoms with Gasteiger partial charge in [-0.2, -0.15) is 4.39 Å². The van der Waals surface area contributed by atoms with Crippen LogP contribution in [-0.2, 0) is 24.2 Å². The van der Waals surface area contributed by atoms with Crippen LogP contribution in [0.5, 0.6) is 0 Å². The predicted octanol–water partition coefficient (Wildman–Crippen LogP) is 2.63. The van der Waals surface area contributed by atoms with E-state index in [4.69, 9.17) is 11.6 Å². The maximum atomic E-state index is 15.0. The fourth-order valence-electron chi connectivity index (χ4n) is 5.63. The highest BCUT2D eigenvalue weighted by atomic mass is 35.5. The second kappa shape index (κ2) is 11.4. The van der Waals surface area contributed by atoms with Crippen LogP contribution < -0.4 is 16.0 Å². The van der Waals surface area contributed by atoms with E-state index in [9.17, 15) is 36.0 Å². The highest BCUT2D eigenvalue weighted by Crippen LogP contribution is 2.49. The summed E-state index contributed by atoms with van der Waals surface area (Å²) in [4.78, 5) is 40.1.